The molecule has 4 nitrogen and oxygen atoms in total. The van der Waals surface area contributed by atoms with Gasteiger partial charge >= 0.3 is 0 Å². The summed E-state index contributed by atoms with van der Waals surface area (Å²) in [5.74, 6) is 0.282. The lowest BCUT2D eigenvalue weighted by atomic mass is 9.76. The molecule has 1 saturated heterocycles. The molecule has 0 bridgehead atoms. The largest absolute Gasteiger partial charge is 0.377 e. The predicted octanol–water partition coefficient (Wildman–Crippen LogP) is 2.90. The monoisotopic (exact) mass is 315 g/mol. The molecule has 1 aromatic carbocycles. The van der Waals surface area contributed by atoms with E-state index < -0.39 is 0 Å². The van der Waals surface area contributed by atoms with E-state index >= 15 is 0 Å². The third-order valence-corrected chi connectivity index (χ3v) is 5.09. The molecule has 0 spiro atoms. The molecule has 0 radical (unpaired) electrons. The minimum absolute atomic E-state index is 0.0123. The first-order valence-electron chi connectivity index (χ1n) is 8.22. The van der Waals surface area contributed by atoms with Crippen molar-refractivity contribution in [3.8, 4) is 0 Å². The Bertz CT molecular complexity index is 596. The molecule has 1 aliphatic rings. The zero-order chi connectivity index (χ0) is 17.2. The first kappa shape index (κ1) is 17.7. The molecule has 0 aliphatic carbocycles. The van der Waals surface area contributed by atoms with Crippen LogP contribution < -0.4 is 16.0 Å². The van der Waals surface area contributed by atoms with Crippen LogP contribution in [0.4, 0.5) is 5.69 Å². The number of rotatable bonds is 6. The van der Waals surface area contributed by atoms with E-state index in [1.807, 2.05) is 37.2 Å². The maximum atomic E-state index is 12.0. The third kappa shape index (κ3) is 3.65. The molecule has 3 N–H and O–H groups in total. The van der Waals surface area contributed by atoms with Gasteiger partial charge in [0.05, 0.1) is 6.17 Å². The molecule has 126 valence electrons. The number of anilines is 1. The summed E-state index contributed by atoms with van der Waals surface area (Å²) in [6.45, 7) is 8.82. The Labute approximate surface area is 139 Å². The number of nitrogens with two attached hydrogens (primary N) is 1. The molecular weight excluding hydrogens is 286 g/mol. The highest BCUT2D eigenvalue weighted by molar-refractivity contribution is 5.99. The Kier molecular flexibility index (Phi) is 5.27. The second-order valence-electron chi connectivity index (χ2n) is 7.11. The van der Waals surface area contributed by atoms with Crippen LogP contribution in [0, 0.1) is 5.41 Å². The lowest BCUT2D eigenvalue weighted by molar-refractivity contribution is 0.101. The van der Waals surface area contributed by atoms with Crippen LogP contribution in [-0.2, 0) is 0 Å². The van der Waals surface area contributed by atoms with Crippen molar-refractivity contribution < 1.29 is 4.79 Å². The van der Waals surface area contributed by atoms with Crippen molar-refractivity contribution in [3.05, 3.63) is 42.0 Å². The van der Waals surface area contributed by atoms with E-state index in [1.54, 1.807) is 6.92 Å². The lowest BCUT2D eigenvalue weighted by Gasteiger charge is -2.32. The van der Waals surface area contributed by atoms with Crippen LogP contribution in [0.1, 0.15) is 48.5 Å². The molecule has 23 heavy (non-hydrogen) atoms. The van der Waals surface area contributed by atoms with Crippen molar-refractivity contribution in [2.24, 2.45) is 11.1 Å². The van der Waals surface area contributed by atoms with Crippen molar-refractivity contribution in [2.75, 3.05) is 25.5 Å². The summed E-state index contributed by atoms with van der Waals surface area (Å²) < 4.78 is 0. The van der Waals surface area contributed by atoms with Crippen LogP contribution in [0.5, 0.6) is 0 Å². The van der Waals surface area contributed by atoms with Crippen molar-refractivity contribution in [2.45, 2.75) is 38.8 Å². The van der Waals surface area contributed by atoms with Gasteiger partial charge in [0, 0.05) is 31.3 Å². The number of allylic oxidation sites excluding steroid dienone is 1. The zero-order valence-corrected chi connectivity index (χ0v) is 14.7. The van der Waals surface area contributed by atoms with E-state index in [0.29, 0.717) is 0 Å². The van der Waals surface area contributed by atoms with Gasteiger partial charge in [-0.15, -0.1) is 6.58 Å². The SMILES string of the molecule is C=CC(CC1(C)CCNC1N)c1ccc(N(C)C)c(C(C)=O)c1. The molecule has 1 fully saturated rings. The number of hydrogen-bond acceptors (Lipinski definition) is 4. The van der Waals surface area contributed by atoms with Crippen LogP contribution in [0.2, 0.25) is 0 Å². The van der Waals surface area contributed by atoms with E-state index in [1.165, 1.54) is 0 Å². The van der Waals surface area contributed by atoms with Gasteiger partial charge in [-0.25, -0.2) is 0 Å². The molecule has 1 aliphatic heterocycles. The van der Waals surface area contributed by atoms with E-state index in [-0.39, 0.29) is 23.3 Å². The molecule has 3 unspecified atom stereocenters. The first-order chi connectivity index (χ1) is 10.8. The normalized spacial score (nSPS) is 25.2. The highest BCUT2D eigenvalue weighted by Gasteiger charge is 2.37. The highest BCUT2D eigenvalue weighted by atomic mass is 16.1. The summed E-state index contributed by atoms with van der Waals surface area (Å²) in [5.41, 5.74) is 9.13. The van der Waals surface area contributed by atoms with Crippen LogP contribution in [0.15, 0.2) is 30.9 Å². The minimum Gasteiger partial charge on any atom is -0.377 e. The molecule has 3 atom stereocenters. The van der Waals surface area contributed by atoms with Crippen molar-refractivity contribution in [3.63, 3.8) is 0 Å². The van der Waals surface area contributed by atoms with Crippen LogP contribution in [-0.4, -0.2) is 32.6 Å². The average Bonchev–Trinajstić information content (AvgIpc) is 2.83. The van der Waals surface area contributed by atoms with Crippen molar-refractivity contribution in [1.82, 2.24) is 5.32 Å². The summed E-state index contributed by atoms with van der Waals surface area (Å²) in [7, 11) is 3.91. The summed E-state index contributed by atoms with van der Waals surface area (Å²) in [6.07, 6.45) is 3.99. The fourth-order valence-electron chi connectivity index (χ4n) is 3.44. The highest BCUT2D eigenvalue weighted by Crippen LogP contribution is 2.40. The average molecular weight is 315 g/mol. The fourth-order valence-corrected chi connectivity index (χ4v) is 3.44. The Balaban J connectivity index is 2.33. The predicted molar refractivity (Wildman–Crippen MR) is 97.0 cm³/mol. The number of carbonyl (C=O) groups excluding carboxylic acids is 1. The van der Waals surface area contributed by atoms with E-state index in [2.05, 4.69) is 24.9 Å². The van der Waals surface area contributed by atoms with Gasteiger partial charge in [0.15, 0.2) is 5.78 Å². The third-order valence-electron chi connectivity index (χ3n) is 5.09. The molecular formula is C19H29N3O. The second kappa shape index (κ2) is 6.85. The van der Waals surface area contributed by atoms with Gasteiger partial charge in [-0.05, 0) is 49.4 Å². The number of nitrogens with zero attached hydrogens (tertiary/aromatic N) is 1. The van der Waals surface area contributed by atoms with Gasteiger partial charge in [-0.2, -0.15) is 0 Å². The summed E-state index contributed by atoms with van der Waals surface area (Å²) >= 11 is 0. The van der Waals surface area contributed by atoms with Crippen LogP contribution in [0.3, 0.4) is 0 Å². The Morgan fingerprint density at radius 3 is 2.74 bits per heavy atom. The van der Waals surface area contributed by atoms with Gasteiger partial charge in [0.2, 0.25) is 0 Å². The Morgan fingerprint density at radius 1 is 1.57 bits per heavy atom. The fraction of sp³-hybridized carbons (Fsp3) is 0.526. The molecule has 0 aromatic heterocycles. The molecule has 1 heterocycles. The maximum Gasteiger partial charge on any atom is 0.161 e. The number of benzene rings is 1. The smallest absolute Gasteiger partial charge is 0.161 e. The standard InChI is InChI=1S/C19H29N3O/c1-6-14(12-19(3)9-10-21-18(19)20)15-7-8-17(22(4)5)16(11-15)13(2)23/h6-8,11,14,18,21H,1,9-10,12,20H2,2-5H3. The summed E-state index contributed by atoms with van der Waals surface area (Å²) in [4.78, 5) is 14.0. The molecule has 4 heteroatoms. The molecule has 1 aromatic rings. The Morgan fingerprint density at radius 2 is 2.26 bits per heavy atom. The van der Waals surface area contributed by atoms with Gasteiger partial charge in [-0.1, -0.05) is 19.1 Å². The van der Waals surface area contributed by atoms with Crippen LogP contribution >= 0.6 is 0 Å². The van der Waals surface area contributed by atoms with Gasteiger partial charge in [0.25, 0.3) is 0 Å². The number of ketones is 1. The van der Waals surface area contributed by atoms with E-state index in [0.717, 1.165) is 36.2 Å². The number of hydrogen-bond donors (Lipinski definition) is 2. The van der Waals surface area contributed by atoms with Gasteiger partial charge in [0.1, 0.15) is 0 Å². The molecule has 0 amide bonds. The molecule has 2 rings (SSSR count). The lowest BCUT2D eigenvalue weighted by Crippen LogP contribution is -2.43. The summed E-state index contributed by atoms with van der Waals surface area (Å²) in [5, 5.41) is 3.33. The van der Waals surface area contributed by atoms with Gasteiger partial charge in [-0.3, -0.25) is 4.79 Å². The maximum absolute atomic E-state index is 12.0. The zero-order valence-electron chi connectivity index (χ0n) is 14.7. The second-order valence-corrected chi connectivity index (χ2v) is 7.11. The molecule has 0 saturated carbocycles. The topological polar surface area (TPSA) is 58.4 Å². The van der Waals surface area contributed by atoms with Crippen LogP contribution in [0.25, 0.3) is 0 Å². The van der Waals surface area contributed by atoms with Crippen molar-refractivity contribution >= 4 is 11.5 Å². The first-order valence-corrected chi connectivity index (χ1v) is 8.22. The quantitative estimate of drug-likeness (QED) is 0.626. The summed E-state index contributed by atoms with van der Waals surface area (Å²) in [6, 6.07) is 6.14. The van der Waals surface area contributed by atoms with Gasteiger partial charge < -0.3 is 16.0 Å². The number of carbonyl (C=O) groups is 1. The van der Waals surface area contributed by atoms with E-state index in [9.17, 15) is 4.79 Å². The number of Topliss-reactive ketones (excluding diaryl/α,β-unsaturated/α-hetero) is 1. The van der Waals surface area contributed by atoms with Crippen molar-refractivity contribution in [1.29, 1.82) is 0 Å². The number of nitrogens with one attached hydrogen (secondary N) is 1. The van der Waals surface area contributed by atoms with E-state index in [4.69, 9.17) is 5.73 Å². The minimum atomic E-state index is 0.0123. The Hall–Kier alpha value is -1.65.